The van der Waals surface area contributed by atoms with Crippen molar-refractivity contribution in [3.63, 3.8) is 0 Å². The summed E-state index contributed by atoms with van der Waals surface area (Å²) in [6.45, 7) is 3.14. The number of hydrogen-bond acceptors (Lipinski definition) is 6. The van der Waals surface area contributed by atoms with Crippen molar-refractivity contribution in [3.05, 3.63) is 76.6 Å². The highest BCUT2D eigenvalue weighted by molar-refractivity contribution is 7.94. The largest absolute Gasteiger partial charge is 0.416 e. The van der Waals surface area contributed by atoms with Crippen molar-refractivity contribution in [1.82, 2.24) is 9.97 Å². The normalized spacial score (nSPS) is 13.4. The lowest BCUT2D eigenvalue weighted by molar-refractivity contribution is -0.137. The Morgan fingerprint density at radius 3 is 2.79 bits per heavy atom. The number of alkyl halides is 3. The first-order valence-corrected chi connectivity index (χ1v) is 11.3. The first kappa shape index (κ1) is 22.9. The highest BCUT2D eigenvalue weighted by Crippen LogP contribution is 2.31. The van der Waals surface area contributed by atoms with Gasteiger partial charge in [0, 0.05) is 54.5 Å². The number of halogens is 3. The zero-order valence-corrected chi connectivity index (χ0v) is 18.8. The van der Waals surface area contributed by atoms with E-state index in [0.29, 0.717) is 31.1 Å². The lowest BCUT2D eigenvalue weighted by Crippen LogP contribution is -2.31. The number of nitrogens with one attached hydrogen (secondary N) is 1. The summed E-state index contributed by atoms with van der Waals surface area (Å²) in [6.07, 6.45) is -0.240. The van der Waals surface area contributed by atoms with Gasteiger partial charge in [0.05, 0.1) is 23.3 Å². The molecule has 1 amide bonds. The van der Waals surface area contributed by atoms with Crippen molar-refractivity contribution in [3.8, 4) is 6.01 Å². The summed E-state index contributed by atoms with van der Waals surface area (Å²) in [5, 5.41) is 2.57. The van der Waals surface area contributed by atoms with Gasteiger partial charge in [0.1, 0.15) is 0 Å². The van der Waals surface area contributed by atoms with Gasteiger partial charge >= 0.3 is 12.2 Å². The smallest absolute Gasteiger partial charge is 0.389 e. The maximum atomic E-state index is 13.0. The van der Waals surface area contributed by atoms with Gasteiger partial charge in [-0.2, -0.15) is 18.2 Å². The van der Waals surface area contributed by atoms with Gasteiger partial charge < -0.3 is 14.4 Å². The molecule has 1 aromatic heterocycles. The van der Waals surface area contributed by atoms with Crippen LogP contribution in [0.1, 0.15) is 32.7 Å². The van der Waals surface area contributed by atoms with Gasteiger partial charge in [0.25, 0.3) is 5.91 Å². The molecule has 2 aromatic carbocycles. The molecule has 4 rings (SSSR count). The molecule has 0 bridgehead atoms. The van der Waals surface area contributed by atoms with Crippen LogP contribution in [0.3, 0.4) is 0 Å². The van der Waals surface area contributed by atoms with Gasteiger partial charge in [-0.05, 0) is 48.9 Å². The van der Waals surface area contributed by atoms with E-state index in [1.54, 1.807) is 24.6 Å². The van der Waals surface area contributed by atoms with Crippen LogP contribution in [0.25, 0.3) is 0 Å². The monoisotopic (exact) mass is 474 g/mol. The molecule has 0 saturated carbocycles. The molecule has 0 saturated heterocycles. The second-order valence-electron chi connectivity index (χ2n) is 7.64. The third-order valence-electron chi connectivity index (χ3n) is 5.21. The molecule has 1 aliphatic heterocycles. The average molecular weight is 475 g/mol. The number of hydrogen-bond donors (Lipinski definition) is 1. The standard InChI is InChI=1S/C23H21F3N4O2S/c1-14-8-15(21(31)28-18-5-3-4-17(11-18)23(24,25)26)10-19(9-14)30-7-6-20-16(13-30)12-27-22(29-20)32-33-2/h3-5,8-12H,6-7,13H2,1-2H3,(H,28,31). The predicted molar refractivity (Wildman–Crippen MR) is 122 cm³/mol. The lowest BCUT2D eigenvalue weighted by Gasteiger charge is -2.30. The molecule has 1 N–H and O–H groups in total. The molecule has 0 spiro atoms. The molecule has 0 radical (unpaired) electrons. The van der Waals surface area contributed by atoms with Crippen LogP contribution in [0.5, 0.6) is 6.01 Å². The Morgan fingerprint density at radius 1 is 1.21 bits per heavy atom. The minimum Gasteiger partial charge on any atom is -0.389 e. The Balaban J connectivity index is 1.53. The number of carbonyl (C=O) groups is 1. The summed E-state index contributed by atoms with van der Waals surface area (Å²) in [5.74, 6) is -0.473. The van der Waals surface area contributed by atoms with Crippen LogP contribution in [0.15, 0.2) is 48.7 Å². The van der Waals surface area contributed by atoms with E-state index in [1.165, 1.54) is 24.2 Å². The minimum atomic E-state index is -4.48. The van der Waals surface area contributed by atoms with Crippen molar-refractivity contribution >= 4 is 29.3 Å². The van der Waals surface area contributed by atoms with Crippen LogP contribution >= 0.6 is 12.0 Å². The topological polar surface area (TPSA) is 67.4 Å². The number of anilines is 2. The summed E-state index contributed by atoms with van der Waals surface area (Å²) in [4.78, 5) is 23.6. The molecule has 6 nitrogen and oxygen atoms in total. The Labute approximate surface area is 193 Å². The van der Waals surface area contributed by atoms with E-state index in [0.717, 1.165) is 34.6 Å². The van der Waals surface area contributed by atoms with E-state index in [-0.39, 0.29) is 5.69 Å². The number of carbonyl (C=O) groups excluding carboxylic acids is 1. The molecule has 0 fully saturated rings. The van der Waals surface area contributed by atoms with Crippen LogP contribution in [0.4, 0.5) is 24.5 Å². The van der Waals surface area contributed by atoms with Gasteiger partial charge in [-0.1, -0.05) is 6.07 Å². The van der Waals surface area contributed by atoms with E-state index >= 15 is 0 Å². The third kappa shape index (κ3) is 5.39. The van der Waals surface area contributed by atoms with E-state index in [1.807, 2.05) is 13.0 Å². The van der Waals surface area contributed by atoms with Gasteiger partial charge in [-0.15, -0.1) is 0 Å². The number of rotatable bonds is 5. The first-order valence-electron chi connectivity index (χ1n) is 10.1. The maximum Gasteiger partial charge on any atom is 0.416 e. The van der Waals surface area contributed by atoms with Crippen LogP contribution < -0.4 is 14.4 Å². The van der Waals surface area contributed by atoms with Gasteiger partial charge in [0.15, 0.2) is 0 Å². The SMILES string of the molecule is CSOc1ncc2c(n1)CCN(c1cc(C)cc(C(=O)Nc3cccc(C(F)(F)F)c3)c1)C2. The van der Waals surface area contributed by atoms with Gasteiger partial charge in [-0.25, -0.2) is 4.98 Å². The fourth-order valence-corrected chi connectivity index (χ4v) is 3.92. The zero-order valence-electron chi connectivity index (χ0n) is 17.9. The van der Waals surface area contributed by atoms with Crippen molar-refractivity contribution in [2.75, 3.05) is 23.0 Å². The van der Waals surface area contributed by atoms with E-state index < -0.39 is 17.6 Å². The quantitative estimate of drug-likeness (QED) is 0.508. The summed E-state index contributed by atoms with van der Waals surface area (Å²) in [7, 11) is 0. The number of fused-ring (bicyclic) bond motifs is 1. The summed E-state index contributed by atoms with van der Waals surface area (Å²) in [6, 6.07) is 10.3. The van der Waals surface area contributed by atoms with E-state index in [2.05, 4.69) is 20.2 Å². The zero-order chi connectivity index (χ0) is 23.6. The number of aryl methyl sites for hydroxylation is 1. The minimum absolute atomic E-state index is 0.0881. The maximum absolute atomic E-state index is 13.0. The molecule has 2 heterocycles. The van der Waals surface area contributed by atoms with Crippen molar-refractivity contribution in [2.45, 2.75) is 26.1 Å². The molecule has 33 heavy (non-hydrogen) atoms. The molecule has 0 aliphatic carbocycles. The fraction of sp³-hybridized carbons (Fsp3) is 0.261. The number of benzene rings is 2. The molecule has 0 atom stereocenters. The van der Waals surface area contributed by atoms with Crippen LogP contribution in [0, 0.1) is 6.92 Å². The molecular weight excluding hydrogens is 453 g/mol. The molecule has 1 aliphatic rings. The van der Waals surface area contributed by atoms with Crippen molar-refractivity contribution in [2.24, 2.45) is 0 Å². The van der Waals surface area contributed by atoms with Gasteiger partial charge in [-0.3, -0.25) is 4.79 Å². The van der Waals surface area contributed by atoms with Gasteiger partial charge in [0.2, 0.25) is 0 Å². The molecule has 172 valence electrons. The van der Waals surface area contributed by atoms with Crippen molar-refractivity contribution in [1.29, 1.82) is 0 Å². The number of aromatic nitrogens is 2. The van der Waals surface area contributed by atoms with Crippen molar-refractivity contribution < 1.29 is 22.1 Å². The van der Waals surface area contributed by atoms with Crippen LogP contribution in [0.2, 0.25) is 0 Å². The molecule has 3 aromatic rings. The number of amides is 1. The fourth-order valence-electron chi connectivity index (χ4n) is 3.69. The Morgan fingerprint density at radius 2 is 2.03 bits per heavy atom. The second kappa shape index (κ2) is 9.30. The van der Waals surface area contributed by atoms with Crippen LogP contribution in [-0.2, 0) is 19.1 Å². The van der Waals surface area contributed by atoms with E-state index in [4.69, 9.17) is 4.18 Å². The molecule has 10 heteroatoms. The third-order valence-corrected chi connectivity index (χ3v) is 5.52. The average Bonchev–Trinajstić information content (AvgIpc) is 2.78. The Hall–Kier alpha value is -3.27. The summed E-state index contributed by atoms with van der Waals surface area (Å²) >= 11 is 1.18. The predicted octanol–water partition coefficient (Wildman–Crippen LogP) is 5.28. The lowest BCUT2D eigenvalue weighted by atomic mass is 10.0. The van der Waals surface area contributed by atoms with Crippen LogP contribution in [-0.4, -0.2) is 28.7 Å². The molecular formula is C23H21F3N4O2S. The Bertz CT molecular complexity index is 1190. The number of nitrogens with zero attached hydrogens (tertiary/aromatic N) is 3. The highest BCUT2D eigenvalue weighted by atomic mass is 32.2. The first-order chi connectivity index (χ1) is 15.7. The molecule has 0 unspecified atom stereocenters. The second-order valence-corrected chi connectivity index (χ2v) is 8.14. The highest BCUT2D eigenvalue weighted by Gasteiger charge is 2.30. The summed E-state index contributed by atoms with van der Waals surface area (Å²) < 4.78 is 44.2. The Kier molecular flexibility index (Phi) is 6.46. The summed E-state index contributed by atoms with van der Waals surface area (Å²) in [5.41, 5.74) is 3.27. The van der Waals surface area contributed by atoms with E-state index in [9.17, 15) is 18.0 Å².